The third-order valence-corrected chi connectivity index (χ3v) is 9.60. The van der Waals surface area contributed by atoms with Crippen LogP contribution in [0.25, 0.3) is 0 Å². The van der Waals surface area contributed by atoms with Crippen molar-refractivity contribution in [2.75, 3.05) is 13.6 Å². The van der Waals surface area contributed by atoms with E-state index in [1.807, 2.05) is 42.5 Å². The highest BCUT2D eigenvalue weighted by Crippen LogP contribution is 2.62. The van der Waals surface area contributed by atoms with Crippen LogP contribution in [0.5, 0.6) is 11.5 Å². The molecular weight excluding hydrogens is 646 g/mol. The summed E-state index contributed by atoms with van der Waals surface area (Å²) in [6, 6.07) is 12.0. The molecule has 1 aromatic heterocycles. The van der Waals surface area contributed by atoms with Crippen LogP contribution in [0.3, 0.4) is 0 Å². The van der Waals surface area contributed by atoms with Crippen LogP contribution in [-0.4, -0.2) is 92.9 Å². The number of esters is 2. The molecule has 7 N–H and O–H groups in total. The van der Waals surface area contributed by atoms with Gasteiger partial charge in [-0.3, -0.25) is 19.2 Å². The first kappa shape index (κ1) is 36.2. The van der Waals surface area contributed by atoms with Crippen LogP contribution in [0.1, 0.15) is 42.7 Å². The minimum Gasteiger partial charge on any atom is -0.481 e. The lowest BCUT2D eigenvalue weighted by atomic mass is 9.53. The highest BCUT2D eigenvalue weighted by molar-refractivity contribution is 5.74. The molecule has 0 radical (unpaired) electrons. The van der Waals surface area contributed by atoms with Crippen molar-refractivity contribution in [3.05, 3.63) is 89.5 Å². The van der Waals surface area contributed by atoms with Crippen LogP contribution < -0.4 is 20.9 Å². The number of imidazole rings is 1. The van der Waals surface area contributed by atoms with Gasteiger partial charge in [0.05, 0.1) is 6.33 Å². The number of aromatic amines is 1. The van der Waals surface area contributed by atoms with E-state index in [0.717, 1.165) is 36.2 Å². The van der Waals surface area contributed by atoms with E-state index in [-0.39, 0.29) is 35.8 Å². The highest BCUT2D eigenvalue weighted by atomic mass is 16.6. The Labute approximate surface area is 289 Å². The maximum absolute atomic E-state index is 11.7. The number of piperidine rings is 1. The SMILES string of the molecule is CC(=O)Oc1ccc2c3c1O[C@H]1[C@@H](OC(C)=O)C=C[C@H]4[C@@H](C2)N(C)CC[C@@]341.NC(Cc1ccccc1)C(=O)O.N[C@@H](Cc1cnc[nH]1)C(=O)O. The number of nitrogens with zero attached hydrogens (tertiary/aromatic N) is 2. The molecule has 50 heavy (non-hydrogen) atoms. The van der Waals surface area contributed by atoms with Gasteiger partial charge in [-0.2, -0.15) is 0 Å². The summed E-state index contributed by atoms with van der Waals surface area (Å²) in [6.45, 7) is 3.77. The van der Waals surface area contributed by atoms with Gasteiger partial charge >= 0.3 is 23.9 Å². The number of nitrogens with two attached hydrogens (primary N) is 2. The number of carbonyl (C=O) groups excluding carboxylic acids is 2. The molecule has 2 aromatic carbocycles. The van der Waals surface area contributed by atoms with Crippen molar-refractivity contribution in [2.45, 2.75) is 75.3 Å². The quantitative estimate of drug-likeness (QED) is 0.130. The molecule has 0 saturated carbocycles. The second-order valence-corrected chi connectivity index (χ2v) is 12.9. The van der Waals surface area contributed by atoms with Gasteiger partial charge in [0, 0.05) is 55.1 Å². The Kier molecular flexibility index (Phi) is 11.0. The van der Waals surface area contributed by atoms with Crippen LogP contribution >= 0.6 is 0 Å². The third kappa shape index (κ3) is 7.57. The number of benzene rings is 2. The molecule has 7 atom stereocenters. The maximum atomic E-state index is 11.7. The number of ether oxygens (including phenoxy) is 3. The van der Waals surface area contributed by atoms with E-state index < -0.39 is 30.1 Å². The topological polar surface area (TPSA) is 220 Å². The molecule has 1 saturated heterocycles. The summed E-state index contributed by atoms with van der Waals surface area (Å²) in [4.78, 5) is 52.8. The Balaban J connectivity index is 0.000000175. The predicted molar refractivity (Wildman–Crippen MR) is 180 cm³/mol. The van der Waals surface area contributed by atoms with Crippen molar-refractivity contribution < 1.29 is 43.6 Å². The van der Waals surface area contributed by atoms with Crippen molar-refractivity contribution >= 4 is 23.9 Å². The first-order chi connectivity index (χ1) is 23.8. The number of hydrogen-bond acceptors (Lipinski definition) is 11. The van der Waals surface area contributed by atoms with Gasteiger partial charge in [0.2, 0.25) is 0 Å². The molecule has 7 rings (SSSR count). The molecule has 14 nitrogen and oxygen atoms in total. The van der Waals surface area contributed by atoms with E-state index in [4.69, 9.17) is 35.9 Å². The second kappa shape index (κ2) is 15.2. The molecule has 2 aliphatic heterocycles. The number of carboxylic acid groups (broad SMARTS) is 2. The Morgan fingerprint density at radius 2 is 1.72 bits per heavy atom. The standard InChI is InChI=1S/C21H23NO5.C9H11NO2.C6H9N3O2/c1-11(23)25-16-6-4-13-10-15-14-5-7-17(26-12(2)24)20-21(14,8-9-22(15)3)18(13)19(16)27-20;10-8(9(11)12)6-7-4-2-1-3-5-7;7-5(6(10)11)1-4-2-8-3-9-4/h4-7,14-15,17,20H,8-10H2,1-3H3;1-5,8H,6,10H2,(H,11,12);2-3,5H,1,7H2,(H,8,9)(H,10,11)/t14-,15+,17-,20-,21-;;5-/m0.0/s1. The number of hydrogen-bond donors (Lipinski definition) is 5. The summed E-state index contributed by atoms with van der Waals surface area (Å²) in [5.74, 6) is -1.25. The molecule has 266 valence electrons. The number of likely N-dealkylation sites (N-methyl/N-ethyl adjacent to an activating group) is 1. The van der Waals surface area contributed by atoms with Gasteiger partial charge in [0.15, 0.2) is 17.6 Å². The normalized spacial score (nSPS) is 24.8. The average Bonchev–Trinajstić information content (AvgIpc) is 3.71. The lowest BCUT2D eigenvalue weighted by Crippen LogP contribution is -2.65. The van der Waals surface area contributed by atoms with Gasteiger partial charge in [0.1, 0.15) is 18.2 Å². The number of nitrogens with one attached hydrogen (secondary N) is 1. The Morgan fingerprint density at radius 3 is 2.34 bits per heavy atom. The first-order valence-corrected chi connectivity index (χ1v) is 16.4. The summed E-state index contributed by atoms with van der Waals surface area (Å²) in [7, 11) is 2.17. The molecule has 0 amide bonds. The zero-order chi connectivity index (χ0) is 36.2. The van der Waals surface area contributed by atoms with Crippen molar-refractivity contribution in [1.29, 1.82) is 0 Å². The number of likely N-dealkylation sites (tertiary alicyclic amines) is 1. The molecule has 4 aliphatic rings. The van der Waals surface area contributed by atoms with E-state index in [0.29, 0.717) is 24.0 Å². The molecule has 1 spiro atoms. The van der Waals surface area contributed by atoms with E-state index in [2.05, 4.69) is 34.1 Å². The van der Waals surface area contributed by atoms with E-state index in [9.17, 15) is 19.2 Å². The minimum atomic E-state index is -1.00. The number of H-pyrrole nitrogens is 1. The molecule has 3 aromatic rings. The molecule has 14 heteroatoms. The molecule has 2 aliphatic carbocycles. The fourth-order valence-corrected chi connectivity index (χ4v) is 7.41. The van der Waals surface area contributed by atoms with E-state index in [1.54, 1.807) is 6.20 Å². The van der Waals surface area contributed by atoms with Crippen LogP contribution in [-0.2, 0) is 48.6 Å². The van der Waals surface area contributed by atoms with Gasteiger partial charge < -0.3 is 45.8 Å². The average molecular weight is 690 g/mol. The number of aliphatic carboxylic acids is 2. The smallest absolute Gasteiger partial charge is 0.320 e. The van der Waals surface area contributed by atoms with Crippen LogP contribution in [0.4, 0.5) is 0 Å². The van der Waals surface area contributed by atoms with Gasteiger partial charge in [-0.25, -0.2) is 4.98 Å². The summed E-state index contributed by atoms with van der Waals surface area (Å²) in [5, 5.41) is 16.9. The fraction of sp³-hybridized carbons (Fsp3) is 0.417. The Morgan fingerprint density at radius 1 is 1.02 bits per heavy atom. The number of carboxylic acids is 2. The Hall–Kier alpha value is -5.05. The van der Waals surface area contributed by atoms with Crippen LogP contribution in [0, 0.1) is 5.92 Å². The lowest BCUT2D eigenvalue weighted by molar-refractivity contribution is -0.152. The van der Waals surface area contributed by atoms with Crippen molar-refractivity contribution in [3.63, 3.8) is 0 Å². The number of rotatable bonds is 8. The molecule has 1 fully saturated rings. The molecule has 3 heterocycles. The van der Waals surface area contributed by atoms with E-state index >= 15 is 0 Å². The summed E-state index contributed by atoms with van der Waals surface area (Å²) in [6.07, 6.45) is 9.03. The molecule has 2 bridgehead atoms. The van der Waals surface area contributed by atoms with Gasteiger partial charge in [-0.15, -0.1) is 0 Å². The zero-order valence-corrected chi connectivity index (χ0v) is 28.2. The summed E-state index contributed by atoms with van der Waals surface area (Å²) < 4.78 is 17.5. The van der Waals surface area contributed by atoms with Crippen molar-refractivity contribution in [3.8, 4) is 11.5 Å². The van der Waals surface area contributed by atoms with Crippen LogP contribution in [0.15, 0.2) is 67.1 Å². The van der Waals surface area contributed by atoms with Gasteiger partial charge in [-0.1, -0.05) is 42.5 Å². The number of carbonyl (C=O) groups is 4. The van der Waals surface area contributed by atoms with Crippen molar-refractivity contribution in [2.24, 2.45) is 17.4 Å². The van der Waals surface area contributed by atoms with Gasteiger partial charge in [0.25, 0.3) is 0 Å². The summed E-state index contributed by atoms with van der Waals surface area (Å²) in [5.41, 5.74) is 14.5. The largest absolute Gasteiger partial charge is 0.481 e. The third-order valence-electron chi connectivity index (χ3n) is 9.60. The maximum Gasteiger partial charge on any atom is 0.320 e. The fourth-order valence-electron chi connectivity index (χ4n) is 7.41. The lowest BCUT2D eigenvalue weighted by Gasteiger charge is -2.56. The minimum absolute atomic E-state index is 0.245. The van der Waals surface area contributed by atoms with Gasteiger partial charge in [-0.05, 0) is 56.1 Å². The molecule has 1 unspecified atom stereocenters. The highest BCUT2D eigenvalue weighted by Gasteiger charge is 2.65. The Bertz CT molecular complexity index is 1730. The molecular formula is C36H43N5O9. The second-order valence-electron chi connectivity index (χ2n) is 12.9. The number of aromatic nitrogens is 2. The van der Waals surface area contributed by atoms with E-state index in [1.165, 1.54) is 25.7 Å². The summed E-state index contributed by atoms with van der Waals surface area (Å²) >= 11 is 0. The van der Waals surface area contributed by atoms with Crippen molar-refractivity contribution in [1.82, 2.24) is 14.9 Å². The predicted octanol–water partition coefficient (Wildman–Crippen LogP) is 1.99. The monoisotopic (exact) mass is 689 g/mol. The first-order valence-electron chi connectivity index (χ1n) is 16.4. The van der Waals surface area contributed by atoms with Crippen LogP contribution in [0.2, 0.25) is 0 Å². The zero-order valence-electron chi connectivity index (χ0n) is 28.2.